The SMILES string of the molecule is Cc1nn(-c2ccc(S(N)(=O)=O)cc2)c(=O)[c-]1N=Nc1cc([N+](=O)[O-])ccc1O.O=[N+]([O-])c1ccc(N=Nc2c(O)ccc3ccccc23)c(O)c1.[Co].[Na+]. The van der Waals surface area contributed by atoms with Gasteiger partial charge in [-0.25, -0.2) is 23.3 Å². The second-order valence-corrected chi connectivity index (χ2v) is 12.2. The summed E-state index contributed by atoms with van der Waals surface area (Å²) in [6, 6.07) is 22.5. The molecule has 0 aliphatic carbocycles. The van der Waals surface area contributed by atoms with Crippen molar-refractivity contribution in [2.24, 2.45) is 25.6 Å². The van der Waals surface area contributed by atoms with Gasteiger partial charge in [-0.2, -0.15) is 5.11 Å². The number of nitro benzene ring substituents is 2. The number of nitrogens with zero attached hydrogens (tertiary/aromatic N) is 8. The number of aryl methyl sites for hydroxylation is 1. The van der Waals surface area contributed by atoms with Crippen LogP contribution in [0.1, 0.15) is 5.69 Å². The molecule has 1 aromatic heterocycles. The molecule has 0 saturated heterocycles. The molecule has 0 unspecified atom stereocenters. The summed E-state index contributed by atoms with van der Waals surface area (Å²) < 4.78 is 23.6. The molecule has 0 aliphatic heterocycles. The second kappa shape index (κ2) is 17.8. The number of phenolic OH excluding ortho intramolecular Hbond substituents is 3. The quantitative estimate of drug-likeness (QED) is 0.0567. The van der Waals surface area contributed by atoms with E-state index >= 15 is 0 Å². The van der Waals surface area contributed by atoms with Crippen LogP contribution in [0.2, 0.25) is 0 Å². The molecule has 19 nitrogen and oxygen atoms in total. The third-order valence-electron chi connectivity index (χ3n) is 7.13. The van der Waals surface area contributed by atoms with Crippen LogP contribution in [0.25, 0.3) is 16.5 Å². The number of hydrogen-bond donors (Lipinski definition) is 4. The minimum absolute atomic E-state index is 0. The van der Waals surface area contributed by atoms with Crippen molar-refractivity contribution < 1.29 is 79.9 Å². The molecule has 6 rings (SSSR count). The molecule has 273 valence electrons. The van der Waals surface area contributed by atoms with E-state index in [1.54, 1.807) is 12.1 Å². The van der Waals surface area contributed by atoms with Crippen molar-refractivity contribution in [1.29, 1.82) is 0 Å². The Morgan fingerprint density at radius 3 is 2.02 bits per heavy atom. The van der Waals surface area contributed by atoms with Crippen LogP contribution in [0.5, 0.6) is 17.2 Å². The fourth-order valence-corrected chi connectivity index (χ4v) is 5.05. The fraction of sp³-hybridized carbons (Fsp3) is 0.0312. The molecular formula is C32H24CoN9NaO10S. The van der Waals surface area contributed by atoms with E-state index in [1.807, 2.05) is 18.2 Å². The monoisotopic (exact) mass is 808 g/mol. The maximum absolute atomic E-state index is 12.6. The number of non-ortho nitro benzene ring substituents is 2. The first-order valence-electron chi connectivity index (χ1n) is 14.5. The number of primary sulfonamides is 1. The Kier molecular flexibility index (Phi) is 14.0. The number of phenols is 3. The largest absolute Gasteiger partial charge is 1.00 e. The van der Waals surface area contributed by atoms with Crippen molar-refractivity contribution in [3.05, 3.63) is 133 Å². The molecule has 0 fully saturated rings. The third-order valence-corrected chi connectivity index (χ3v) is 8.06. The van der Waals surface area contributed by atoms with E-state index in [4.69, 9.17) is 5.14 Å². The van der Waals surface area contributed by atoms with Gasteiger partial charge in [0.05, 0.1) is 26.5 Å². The van der Waals surface area contributed by atoms with Crippen LogP contribution in [0.3, 0.4) is 0 Å². The van der Waals surface area contributed by atoms with Crippen LogP contribution in [-0.2, 0) is 26.8 Å². The van der Waals surface area contributed by atoms with Gasteiger partial charge >= 0.3 is 29.6 Å². The van der Waals surface area contributed by atoms with Gasteiger partial charge in [-0.15, -0.1) is 15.9 Å². The molecular weight excluding hydrogens is 784 g/mol. The van der Waals surface area contributed by atoms with Crippen molar-refractivity contribution in [1.82, 2.24) is 9.78 Å². The van der Waals surface area contributed by atoms with Crippen LogP contribution in [-0.4, -0.2) is 43.4 Å². The Bertz CT molecular complexity index is 2600. The summed E-state index contributed by atoms with van der Waals surface area (Å²) in [7, 11) is -3.88. The predicted octanol–water partition coefficient (Wildman–Crippen LogP) is 3.51. The van der Waals surface area contributed by atoms with Crippen molar-refractivity contribution in [2.45, 2.75) is 11.8 Å². The number of benzene rings is 5. The topological polar surface area (TPSA) is 291 Å². The van der Waals surface area contributed by atoms with Gasteiger partial charge in [0, 0.05) is 40.4 Å². The molecule has 0 aliphatic rings. The van der Waals surface area contributed by atoms with Crippen LogP contribution in [0.15, 0.2) is 127 Å². The summed E-state index contributed by atoms with van der Waals surface area (Å²) in [5, 5.41) is 77.0. The maximum atomic E-state index is 12.6. The number of hydrogen-bond acceptors (Lipinski definition) is 15. The van der Waals surface area contributed by atoms with E-state index in [1.165, 1.54) is 49.4 Å². The zero-order valence-corrected chi connectivity index (χ0v) is 31.7. The molecule has 0 amide bonds. The number of aromatic nitrogens is 2. The number of azo groups is 2. The average molecular weight is 809 g/mol. The number of sulfonamides is 1. The first-order valence-corrected chi connectivity index (χ1v) is 16.1. The van der Waals surface area contributed by atoms with Gasteiger partial charge in [-0.05, 0) is 47.9 Å². The molecule has 1 heterocycles. The number of rotatable bonds is 8. The van der Waals surface area contributed by atoms with Crippen molar-refractivity contribution >= 4 is 54.9 Å². The van der Waals surface area contributed by atoms with E-state index in [9.17, 15) is 48.8 Å². The summed E-state index contributed by atoms with van der Waals surface area (Å²) >= 11 is 0. The molecule has 1 radical (unpaired) electrons. The standard InChI is InChI=1S/C16H13N6O6S.C16H11N3O4.Co.Na/c1-9-15(19-18-13-8-11(22(25)26)4-7-14(13)23)16(24)21(20-9)10-2-5-12(6-3-10)29(17,27)28;20-14-8-5-10-3-1-2-4-12(10)16(14)18-17-13-7-6-11(19(22)23)9-15(13)21;;/h2-8,23H,1H3,(H2,17,27,28);1-9,20-21H;;/q-1;;;+1. The molecule has 5 N–H and O–H groups in total. The van der Waals surface area contributed by atoms with Gasteiger partial charge in [0.25, 0.3) is 11.4 Å². The smallest absolute Gasteiger partial charge is 0.506 e. The molecule has 6 aromatic rings. The maximum Gasteiger partial charge on any atom is 1.00 e. The summed E-state index contributed by atoms with van der Waals surface area (Å²) in [5.41, 5.74) is -0.724. The van der Waals surface area contributed by atoms with Crippen molar-refractivity contribution in [3.8, 4) is 22.9 Å². The minimum Gasteiger partial charge on any atom is -0.506 e. The van der Waals surface area contributed by atoms with E-state index < -0.39 is 25.4 Å². The molecule has 0 atom stereocenters. The molecule has 22 heteroatoms. The number of nitrogens with two attached hydrogens (primary N) is 1. The van der Waals surface area contributed by atoms with Gasteiger partial charge in [0.15, 0.2) is 0 Å². The van der Waals surface area contributed by atoms with Crippen LogP contribution < -0.4 is 40.3 Å². The molecule has 0 spiro atoms. The Labute approximate surface area is 336 Å². The van der Waals surface area contributed by atoms with E-state index in [2.05, 4.69) is 25.6 Å². The Morgan fingerprint density at radius 1 is 0.778 bits per heavy atom. The molecule has 0 saturated carbocycles. The van der Waals surface area contributed by atoms with Crippen LogP contribution in [0, 0.1) is 27.2 Å². The predicted molar refractivity (Wildman–Crippen MR) is 185 cm³/mol. The zero-order valence-electron chi connectivity index (χ0n) is 27.8. The van der Waals surface area contributed by atoms with Gasteiger partial charge < -0.3 is 25.2 Å². The van der Waals surface area contributed by atoms with E-state index in [0.29, 0.717) is 5.39 Å². The van der Waals surface area contributed by atoms with E-state index in [-0.39, 0.29) is 114 Å². The average Bonchev–Trinajstić information content (AvgIpc) is 3.39. The van der Waals surface area contributed by atoms with Crippen molar-refractivity contribution in [3.63, 3.8) is 0 Å². The van der Waals surface area contributed by atoms with Gasteiger partial charge in [0.2, 0.25) is 10.0 Å². The van der Waals surface area contributed by atoms with Crippen LogP contribution in [0.4, 0.5) is 34.1 Å². The normalized spacial score (nSPS) is 11.1. The number of fused-ring (bicyclic) bond motifs is 1. The summed E-state index contributed by atoms with van der Waals surface area (Å²) in [5.74, 6) is -0.757. The van der Waals surface area contributed by atoms with Gasteiger partial charge in [-0.1, -0.05) is 42.9 Å². The zero-order chi connectivity index (χ0) is 37.7. The van der Waals surface area contributed by atoms with E-state index in [0.717, 1.165) is 34.3 Å². The summed E-state index contributed by atoms with van der Waals surface area (Å²) in [4.78, 5) is 32.7. The van der Waals surface area contributed by atoms with Crippen molar-refractivity contribution in [2.75, 3.05) is 0 Å². The Morgan fingerprint density at radius 2 is 1.39 bits per heavy atom. The first-order chi connectivity index (χ1) is 24.6. The Hall–Kier alpha value is -5.81. The van der Waals surface area contributed by atoms with Crippen LogP contribution >= 0.6 is 0 Å². The summed E-state index contributed by atoms with van der Waals surface area (Å²) in [6.45, 7) is 1.50. The summed E-state index contributed by atoms with van der Waals surface area (Å²) in [6.07, 6.45) is 0. The first kappa shape index (κ1) is 42.6. The molecule has 5 aromatic carbocycles. The number of aromatic hydroxyl groups is 3. The van der Waals surface area contributed by atoms with Gasteiger partial charge in [-0.3, -0.25) is 20.2 Å². The molecule has 0 bridgehead atoms. The number of nitro groups is 2. The Balaban J connectivity index is 0.000000287. The second-order valence-electron chi connectivity index (χ2n) is 10.6. The third kappa shape index (κ3) is 9.78. The van der Waals surface area contributed by atoms with Gasteiger partial charge in [0.1, 0.15) is 39.9 Å². The molecule has 54 heavy (non-hydrogen) atoms. The fourth-order valence-electron chi connectivity index (χ4n) is 4.54. The minimum atomic E-state index is -3.88.